The summed E-state index contributed by atoms with van der Waals surface area (Å²) in [5.41, 5.74) is -1.68. The van der Waals surface area contributed by atoms with Gasteiger partial charge in [0.05, 0.1) is 22.5 Å². The Morgan fingerprint density at radius 3 is 2.24 bits per heavy atom. The normalized spacial score (nSPS) is 21.5. The molecule has 0 spiro atoms. The Morgan fingerprint density at radius 1 is 1.08 bits per heavy atom. The maximum atomic E-state index is 13.5. The van der Waals surface area contributed by atoms with Crippen LogP contribution in [0.2, 0.25) is 0 Å². The van der Waals surface area contributed by atoms with Gasteiger partial charge in [-0.3, -0.25) is 0 Å². The molecule has 204 valence electrons. The van der Waals surface area contributed by atoms with Crippen molar-refractivity contribution in [3.05, 3.63) is 59.4 Å². The van der Waals surface area contributed by atoms with E-state index in [0.29, 0.717) is 18.2 Å². The van der Waals surface area contributed by atoms with Gasteiger partial charge >= 0.3 is 18.3 Å². The van der Waals surface area contributed by atoms with Gasteiger partial charge in [0.1, 0.15) is 24.2 Å². The zero-order chi connectivity index (χ0) is 27.8. The number of carbonyl (C=O) groups is 1. The van der Waals surface area contributed by atoms with Crippen LogP contribution in [0, 0.1) is 11.7 Å². The molecule has 3 unspecified atom stereocenters. The average molecular weight is 560 g/mol. The van der Waals surface area contributed by atoms with E-state index >= 15 is 0 Å². The average Bonchev–Trinajstić information content (AvgIpc) is 2.80. The molecule has 3 N–H and O–H groups in total. The van der Waals surface area contributed by atoms with Crippen LogP contribution < -0.4 is 10.6 Å². The minimum Gasteiger partial charge on any atom is -0.489 e. The Hall–Kier alpha value is -2.95. The van der Waals surface area contributed by atoms with Crippen molar-refractivity contribution in [2.45, 2.75) is 42.4 Å². The molecule has 0 saturated carbocycles. The molecule has 1 aliphatic heterocycles. The summed E-state index contributed by atoms with van der Waals surface area (Å²) >= 11 is 0. The molecule has 3 rings (SSSR count). The predicted octanol–water partition coefficient (Wildman–Crippen LogP) is 3.14. The van der Waals surface area contributed by atoms with Crippen LogP contribution in [-0.2, 0) is 32.4 Å². The van der Waals surface area contributed by atoms with E-state index in [1.165, 1.54) is 0 Å². The highest BCUT2D eigenvalue weighted by atomic mass is 32.2. The minimum atomic E-state index is -5.09. The second-order valence-electron chi connectivity index (χ2n) is 8.05. The van der Waals surface area contributed by atoms with Gasteiger partial charge in [-0.1, -0.05) is 0 Å². The molecule has 0 amide bonds. The maximum Gasteiger partial charge on any atom is 0.416 e. The van der Waals surface area contributed by atoms with Crippen molar-refractivity contribution in [3.63, 3.8) is 0 Å². The Bertz CT molecular complexity index is 1240. The number of aliphatic hydroxyl groups is 1. The molecule has 1 fully saturated rings. The van der Waals surface area contributed by atoms with Crippen molar-refractivity contribution >= 4 is 16.0 Å². The number of aliphatic hydroxyl groups excluding tert-OH is 1. The standard InChI is InChI=1S/C21H19F7N2O6S/c22-12-1-6-16(20(23,24)25)11(7-12)10-35-14-2-4-15(5-3-14)37(33,34)30-9-13(31)8-17(21(26,27)28)18(30)19(32)36-29/h1-7,13,17-18,31H,8-10,29H2. The van der Waals surface area contributed by atoms with Crippen molar-refractivity contribution in [2.24, 2.45) is 11.8 Å². The van der Waals surface area contributed by atoms with Crippen molar-refractivity contribution in [1.29, 1.82) is 0 Å². The summed E-state index contributed by atoms with van der Waals surface area (Å²) in [6.45, 7) is -1.61. The number of carbonyl (C=O) groups excluding carboxylic acids is 1. The summed E-state index contributed by atoms with van der Waals surface area (Å²) in [5, 5.41) is 9.90. The molecule has 1 aliphatic rings. The first-order valence-corrected chi connectivity index (χ1v) is 11.8. The van der Waals surface area contributed by atoms with Gasteiger partial charge in [-0.25, -0.2) is 17.6 Å². The number of alkyl halides is 6. The van der Waals surface area contributed by atoms with Crippen LogP contribution in [-0.4, -0.2) is 48.7 Å². The van der Waals surface area contributed by atoms with Crippen molar-refractivity contribution in [1.82, 2.24) is 4.31 Å². The SMILES string of the molecule is NOC(=O)C1C(C(F)(F)F)CC(O)CN1S(=O)(=O)c1ccc(OCc2cc(F)ccc2C(F)(F)F)cc1. The lowest BCUT2D eigenvalue weighted by atomic mass is 9.89. The number of β-amino-alcohol motifs (C(OH)–C–C–N with tert-alkyl or cyclic N) is 1. The molecule has 2 aromatic carbocycles. The van der Waals surface area contributed by atoms with Crippen LogP contribution in [0.15, 0.2) is 47.4 Å². The van der Waals surface area contributed by atoms with Crippen LogP contribution in [0.5, 0.6) is 5.75 Å². The molecular formula is C21H19F7N2O6S. The third-order valence-electron chi connectivity index (χ3n) is 5.58. The highest BCUT2D eigenvalue weighted by Gasteiger charge is 2.56. The molecular weight excluding hydrogens is 541 g/mol. The first-order valence-electron chi connectivity index (χ1n) is 10.3. The molecule has 8 nitrogen and oxygen atoms in total. The first kappa shape index (κ1) is 28.6. The van der Waals surface area contributed by atoms with E-state index in [2.05, 4.69) is 4.84 Å². The fourth-order valence-electron chi connectivity index (χ4n) is 3.89. The number of hydrogen-bond acceptors (Lipinski definition) is 7. The van der Waals surface area contributed by atoms with Gasteiger partial charge in [0.15, 0.2) is 0 Å². The van der Waals surface area contributed by atoms with E-state index < -0.39 is 87.8 Å². The molecule has 0 bridgehead atoms. The Labute approximate surface area is 205 Å². The van der Waals surface area contributed by atoms with Crippen molar-refractivity contribution in [2.75, 3.05) is 6.54 Å². The fourth-order valence-corrected chi connectivity index (χ4v) is 5.54. The number of piperidine rings is 1. The third-order valence-corrected chi connectivity index (χ3v) is 7.45. The summed E-state index contributed by atoms with van der Waals surface area (Å²) in [6, 6.07) is 3.10. The molecule has 0 radical (unpaired) electrons. The zero-order valence-corrected chi connectivity index (χ0v) is 19.3. The van der Waals surface area contributed by atoms with Crippen LogP contribution in [0.4, 0.5) is 30.7 Å². The molecule has 0 aliphatic carbocycles. The van der Waals surface area contributed by atoms with Gasteiger partial charge in [-0.05, 0) is 48.9 Å². The lowest BCUT2D eigenvalue weighted by Crippen LogP contribution is -2.60. The van der Waals surface area contributed by atoms with Crippen LogP contribution in [0.25, 0.3) is 0 Å². The van der Waals surface area contributed by atoms with Gasteiger partial charge in [-0.2, -0.15) is 36.5 Å². The molecule has 0 aromatic heterocycles. The predicted molar refractivity (Wildman–Crippen MR) is 110 cm³/mol. The largest absolute Gasteiger partial charge is 0.489 e. The lowest BCUT2D eigenvalue weighted by molar-refractivity contribution is -0.211. The minimum absolute atomic E-state index is 0.132. The number of nitrogens with two attached hydrogens (primary N) is 1. The van der Waals surface area contributed by atoms with Crippen LogP contribution >= 0.6 is 0 Å². The summed E-state index contributed by atoms with van der Waals surface area (Å²) < 4.78 is 125. The third kappa shape index (κ3) is 6.31. The Morgan fingerprint density at radius 2 is 1.70 bits per heavy atom. The summed E-state index contributed by atoms with van der Waals surface area (Å²) in [6.07, 6.45) is -12.6. The van der Waals surface area contributed by atoms with Gasteiger partial charge in [0, 0.05) is 12.1 Å². The smallest absolute Gasteiger partial charge is 0.416 e. The number of benzene rings is 2. The van der Waals surface area contributed by atoms with Gasteiger partial charge in [-0.15, -0.1) is 0 Å². The molecule has 1 heterocycles. The van der Waals surface area contributed by atoms with E-state index in [9.17, 15) is 49.1 Å². The quantitative estimate of drug-likeness (QED) is 0.412. The number of ether oxygens (including phenoxy) is 1. The molecule has 16 heteroatoms. The molecule has 37 heavy (non-hydrogen) atoms. The summed E-state index contributed by atoms with van der Waals surface area (Å²) in [5.74, 6) is -0.672. The van der Waals surface area contributed by atoms with Crippen molar-refractivity contribution in [3.8, 4) is 5.75 Å². The number of nitrogens with zero attached hydrogens (tertiary/aromatic N) is 1. The van der Waals surface area contributed by atoms with E-state index in [0.717, 1.165) is 24.3 Å². The molecule has 1 saturated heterocycles. The van der Waals surface area contributed by atoms with E-state index in [1.54, 1.807) is 0 Å². The monoisotopic (exact) mass is 560 g/mol. The number of sulfonamides is 1. The Balaban J connectivity index is 1.87. The highest BCUT2D eigenvalue weighted by Crippen LogP contribution is 2.40. The van der Waals surface area contributed by atoms with Gasteiger partial charge in [0.25, 0.3) is 0 Å². The number of halogens is 7. The van der Waals surface area contributed by atoms with E-state index in [4.69, 9.17) is 10.6 Å². The van der Waals surface area contributed by atoms with E-state index in [1.807, 2.05) is 0 Å². The first-order chi connectivity index (χ1) is 17.1. The maximum absolute atomic E-state index is 13.5. The Kier molecular flexibility index (Phi) is 8.07. The van der Waals surface area contributed by atoms with E-state index in [-0.39, 0.29) is 10.1 Å². The van der Waals surface area contributed by atoms with Crippen molar-refractivity contribution < 1.29 is 58.6 Å². The summed E-state index contributed by atoms with van der Waals surface area (Å²) in [4.78, 5) is 15.3. The fraction of sp³-hybridized carbons (Fsp3) is 0.381. The molecule has 2 aromatic rings. The van der Waals surface area contributed by atoms with Gasteiger partial charge in [0.2, 0.25) is 10.0 Å². The van der Waals surface area contributed by atoms with Crippen LogP contribution in [0.1, 0.15) is 17.5 Å². The second-order valence-corrected chi connectivity index (χ2v) is 9.94. The highest BCUT2D eigenvalue weighted by molar-refractivity contribution is 7.89. The second kappa shape index (κ2) is 10.4. The number of rotatable bonds is 6. The molecule has 3 atom stereocenters. The van der Waals surface area contributed by atoms with Crippen LogP contribution in [0.3, 0.4) is 0 Å². The topological polar surface area (TPSA) is 119 Å². The zero-order valence-electron chi connectivity index (χ0n) is 18.5. The lowest BCUT2D eigenvalue weighted by Gasteiger charge is -2.40. The number of hydrogen-bond donors (Lipinski definition) is 2. The summed E-state index contributed by atoms with van der Waals surface area (Å²) in [7, 11) is -4.84. The van der Waals surface area contributed by atoms with Gasteiger partial charge < -0.3 is 14.7 Å².